The maximum Gasteiger partial charge on any atom is 0.243 e. The van der Waals surface area contributed by atoms with Crippen LogP contribution >= 0.6 is 0 Å². The van der Waals surface area contributed by atoms with Crippen LogP contribution in [-0.2, 0) is 21.5 Å². The summed E-state index contributed by atoms with van der Waals surface area (Å²) < 4.78 is 31.4. The molecule has 0 spiro atoms. The van der Waals surface area contributed by atoms with Gasteiger partial charge in [0.2, 0.25) is 17.8 Å². The first-order valence-corrected chi connectivity index (χ1v) is 13.2. The average Bonchev–Trinajstić information content (AvgIpc) is 3.36. The number of halogens is 2. The van der Waals surface area contributed by atoms with Gasteiger partial charge < -0.3 is 14.8 Å². The number of pyridine rings is 1. The number of amides is 2. The van der Waals surface area contributed by atoms with Crippen LogP contribution in [0.3, 0.4) is 0 Å². The molecule has 2 aromatic heterocycles. The van der Waals surface area contributed by atoms with E-state index in [-0.39, 0.29) is 30.8 Å². The lowest BCUT2D eigenvalue weighted by Gasteiger charge is -2.27. The summed E-state index contributed by atoms with van der Waals surface area (Å²) in [7, 11) is 0. The summed E-state index contributed by atoms with van der Waals surface area (Å²) in [4.78, 5) is 36.7. The van der Waals surface area contributed by atoms with E-state index in [2.05, 4.69) is 15.3 Å². The number of hydrogen-bond donors (Lipinski definition) is 1. The number of benzene rings is 2. The number of carbonyl (C=O) groups is 2. The van der Waals surface area contributed by atoms with Gasteiger partial charge in [0.05, 0.1) is 35.6 Å². The quantitative estimate of drug-likeness (QED) is 0.359. The van der Waals surface area contributed by atoms with E-state index in [1.54, 1.807) is 23.0 Å². The Morgan fingerprint density at radius 1 is 1.08 bits per heavy atom. The molecule has 1 N–H and O–H groups in total. The van der Waals surface area contributed by atoms with E-state index >= 15 is 4.39 Å². The van der Waals surface area contributed by atoms with Gasteiger partial charge in [-0.3, -0.25) is 9.59 Å². The van der Waals surface area contributed by atoms with Gasteiger partial charge in [-0.25, -0.2) is 14.4 Å². The highest BCUT2D eigenvalue weighted by molar-refractivity contribution is 5.89. The van der Waals surface area contributed by atoms with Gasteiger partial charge in [-0.15, -0.1) is 0 Å². The summed E-state index contributed by atoms with van der Waals surface area (Å²) >= 11 is 0. The highest BCUT2D eigenvalue weighted by Gasteiger charge is 2.43. The van der Waals surface area contributed by atoms with E-state index in [1.165, 1.54) is 4.90 Å². The van der Waals surface area contributed by atoms with Gasteiger partial charge in [-0.1, -0.05) is 55.5 Å². The van der Waals surface area contributed by atoms with E-state index < -0.39 is 30.1 Å². The molecule has 1 aliphatic heterocycles. The normalized spacial score (nSPS) is 20.6. The summed E-state index contributed by atoms with van der Waals surface area (Å²) in [5.74, 6) is -1.43. The predicted octanol–water partition coefficient (Wildman–Crippen LogP) is 4.47. The molecular weight excluding hydrogens is 500 g/mol. The molecule has 200 valence electrons. The first kappa shape index (κ1) is 25.2. The molecule has 3 unspecified atom stereocenters. The van der Waals surface area contributed by atoms with Crippen molar-refractivity contribution in [2.75, 3.05) is 6.54 Å². The number of aromatic nitrogens is 3. The fraction of sp³-hybridized carbons (Fsp3) is 0.333. The molecule has 2 aliphatic rings. The first-order valence-electron chi connectivity index (χ1n) is 13.2. The molecule has 0 bridgehead atoms. The fourth-order valence-electron chi connectivity index (χ4n) is 5.41. The third-order valence-corrected chi connectivity index (χ3v) is 7.94. The van der Waals surface area contributed by atoms with Crippen molar-refractivity contribution in [3.8, 4) is 0 Å². The number of fused-ring (bicyclic) bond motifs is 1. The van der Waals surface area contributed by atoms with Crippen LogP contribution in [0, 0.1) is 5.95 Å². The number of nitrogens with zero attached hydrogens (tertiary/aromatic N) is 4. The standard InChI is InChI=1S/C30H29F2N5O2/c1-30(13-14-30)21-11-12-23(34-28(21)32)27(19-7-3-2-4-8-19)35-29(39)25-15-20(31)16-37(25)26(38)17-36-18-33-22-9-5-6-10-24(22)36/h2-12,18,20,25,27H,13-17H2,1H3,(H,35,39). The van der Waals surface area contributed by atoms with Crippen LogP contribution in [0.2, 0.25) is 0 Å². The number of nitrogens with one attached hydrogen (secondary N) is 1. The van der Waals surface area contributed by atoms with Gasteiger partial charge in [0, 0.05) is 12.0 Å². The zero-order valence-electron chi connectivity index (χ0n) is 21.6. The molecule has 2 fully saturated rings. The van der Waals surface area contributed by atoms with Crippen LogP contribution in [0.25, 0.3) is 11.0 Å². The number of carbonyl (C=O) groups excluding carboxylic acids is 2. The van der Waals surface area contributed by atoms with Gasteiger partial charge >= 0.3 is 0 Å². The molecule has 9 heteroatoms. The second-order valence-electron chi connectivity index (χ2n) is 10.7. The predicted molar refractivity (Wildman–Crippen MR) is 142 cm³/mol. The summed E-state index contributed by atoms with van der Waals surface area (Å²) in [6, 6.07) is 18.3. The number of alkyl halides is 1. The SMILES string of the molecule is CC1(c2ccc(C(NC(=O)C3CC(F)CN3C(=O)Cn3cnc4ccccc43)c3ccccc3)nc2F)CC1. The third-order valence-electron chi connectivity index (χ3n) is 7.94. The fourth-order valence-corrected chi connectivity index (χ4v) is 5.41. The summed E-state index contributed by atoms with van der Waals surface area (Å²) in [5, 5.41) is 2.94. The second kappa shape index (κ2) is 9.87. The number of rotatable bonds is 7. The van der Waals surface area contributed by atoms with Crippen molar-refractivity contribution in [3.63, 3.8) is 0 Å². The number of likely N-dealkylation sites (tertiary alicyclic amines) is 1. The molecule has 2 amide bonds. The Morgan fingerprint density at radius 3 is 2.56 bits per heavy atom. The molecule has 1 saturated carbocycles. The highest BCUT2D eigenvalue weighted by atomic mass is 19.1. The van der Waals surface area contributed by atoms with Crippen molar-refractivity contribution in [2.45, 2.75) is 56.4 Å². The molecule has 1 aliphatic carbocycles. The molecule has 3 heterocycles. The molecule has 6 rings (SSSR count). The smallest absolute Gasteiger partial charge is 0.243 e. The summed E-state index contributed by atoms with van der Waals surface area (Å²) in [5.41, 5.74) is 2.96. The largest absolute Gasteiger partial charge is 0.342 e. The van der Waals surface area contributed by atoms with Crippen molar-refractivity contribution in [3.05, 3.63) is 95.8 Å². The Labute approximate surface area is 224 Å². The topological polar surface area (TPSA) is 80.1 Å². The van der Waals surface area contributed by atoms with Crippen LogP contribution in [0.5, 0.6) is 0 Å². The van der Waals surface area contributed by atoms with Crippen molar-refractivity contribution < 1.29 is 18.4 Å². The number of para-hydroxylation sites is 2. The minimum atomic E-state index is -1.33. The van der Waals surface area contributed by atoms with Gasteiger partial charge in [0.1, 0.15) is 18.8 Å². The van der Waals surface area contributed by atoms with E-state index in [0.717, 1.165) is 23.9 Å². The molecule has 2 aromatic carbocycles. The van der Waals surface area contributed by atoms with Gasteiger partial charge in [-0.2, -0.15) is 4.39 Å². The average molecular weight is 530 g/mol. The minimum absolute atomic E-state index is 0.0634. The van der Waals surface area contributed by atoms with Gasteiger partial charge in [0.25, 0.3) is 0 Å². The Bertz CT molecular complexity index is 1530. The van der Waals surface area contributed by atoms with Gasteiger partial charge in [-0.05, 0) is 42.0 Å². The Morgan fingerprint density at radius 2 is 1.82 bits per heavy atom. The zero-order valence-corrected chi connectivity index (χ0v) is 21.6. The van der Waals surface area contributed by atoms with Crippen molar-refractivity contribution in [1.82, 2.24) is 24.8 Å². The van der Waals surface area contributed by atoms with Crippen LogP contribution in [0.4, 0.5) is 8.78 Å². The Balaban J connectivity index is 1.25. The van der Waals surface area contributed by atoms with Crippen LogP contribution in [0.1, 0.15) is 49.0 Å². The minimum Gasteiger partial charge on any atom is -0.342 e. The van der Waals surface area contributed by atoms with E-state index in [9.17, 15) is 14.0 Å². The second-order valence-corrected chi connectivity index (χ2v) is 10.7. The summed E-state index contributed by atoms with van der Waals surface area (Å²) in [6.45, 7) is 1.78. The lowest BCUT2D eigenvalue weighted by Crippen LogP contribution is -2.48. The molecule has 7 nitrogen and oxygen atoms in total. The monoisotopic (exact) mass is 529 g/mol. The number of imidazole rings is 1. The molecular formula is C30H29F2N5O2. The van der Waals surface area contributed by atoms with Crippen molar-refractivity contribution >= 4 is 22.8 Å². The molecule has 3 atom stereocenters. The third kappa shape index (κ3) is 4.89. The van der Waals surface area contributed by atoms with E-state index in [4.69, 9.17) is 0 Å². The molecule has 0 radical (unpaired) electrons. The van der Waals surface area contributed by atoms with Crippen molar-refractivity contribution in [2.24, 2.45) is 0 Å². The Hall–Kier alpha value is -4.14. The van der Waals surface area contributed by atoms with Gasteiger partial charge in [0.15, 0.2) is 0 Å². The van der Waals surface area contributed by atoms with Crippen molar-refractivity contribution in [1.29, 1.82) is 0 Å². The molecule has 39 heavy (non-hydrogen) atoms. The van der Waals surface area contributed by atoms with Crippen LogP contribution in [-0.4, -0.2) is 50.0 Å². The maximum absolute atomic E-state index is 15.1. The number of hydrogen-bond acceptors (Lipinski definition) is 4. The zero-order chi connectivity index (χ0) is 27.1. The molecule has 1 saturated heterocycles. The maximum atomic E-state index is 15.1. The molecule has 4 aromatic rings. The first-order chi connectivity index (χ1) is 18.8. The highest BCUT2D eigenvalue weighted by Crippen LogP contribution is 2.48. The van der Waals surface area contributed by atoms with Crippen LogP contribution < -0.4 is 5.32 Å². The lowest BCUT2D eigenvalue weighted by atomic mass is 9.97. The Kier molecular flexibility index (Phi) is 6.37. The van der Waals surface area contributed by atoms with Crippen LogP contribution in [0.15, 0.2) is 73.1 Å². The van der Waals surface area contributed by atoms with E-state index in [1.807, 2.05) is 61.5 Å². The van der Waals surface area contributed by atoms with E-state index in [0.29, 0.717) is 16.8 Å². The summed E-state index contributed by atoms with van der Waals surface area (Å²) in [6.07, 6.45) is 1.96. The lowest BCUT2D eigenvalue weighted by molar-refractivity contribution is -0.139.